The highest BCUT2D eigenvalue weighted by molar-refractivity contribution is 6.33. The van der Waals surface area contributed by atoms with E-state index in [4.69, 9.17) is 28.9 Å². The maximum atomic E-state index is 12.0. The van der Waals surface area contributed by atoms with Gasteiger partial charge in [0.25, 0.3) is 0 Å². The van der Waals surface area contributed by atoms with Crippen LogP contribution in [0.5, 0.6) is 0 Å². The molecule has 0 aliphatic rings. The normalized spacial score (nSPS) is 10.3. The van der Waals surface area contributed by atoms with Crippen LogP contribution in [0.25, 0.3) is 0 Å². The van der Waals surface area contributed by atoms with Crippen LogP contribution in [0.1, 0.15) is 16.1 Å². The van der Waals surface area contributed by atoms with Gasteiger partial charge in [0.2, 0.25) is 0 Å². The van der Waals surface area contributed by atoms with E-state index in [9.17, 15) is 4.79 Å². The average Bonchev–Trinajstić information content (AvgIpc) is 2.34. The first kappa shape index (κ1) is 12.9. The fraction of sp³-hybridized carbons (Fsp3) is 0.0769. The zero-order valence-electron chi connectivity index (χ0n) is 9.36. The summed E-state index contributed by atoms with van der Waals surface area (Å²) in [6, 6.07) is 8.26. The Bertz CT molecular complexity index is 582. The third kappa shape index (κ3) is 3.00. The number of hydrogen-bond acceptors (Lipinski definition) is 3. The first-order valence-corrected chi connectivity index (χ1v) is 6.00. The zero-order valence-corrected chi connectivity index (χ0v) is 10.9. The number of aromatic nitrogens is 1. The van der Waals surface area contributed by atoms with E-state index in [1.165, 1.54) is 6.20 Å². The molecule has 1 heterocycles. The topological polar surface area (TPSA) is 56.0 Å². The van der Waals surface area contributed by atoms with Gasteiger partial charge in [-0.1, -0.05) is 23.2 Å². The van der Waals surface area contributed by atoms with Gasteiger partial charge in [0.05, 0.1) is 11.9 Å². The molecule has 2 N–H and O–H groups in total. The van der Waals surface area contributed by atoms with E-state index in [1.807, 2.05) is 0 Å². The monoisotopic (exact) mass is 280 g/mol. The first-order valence-electron chi connectivity index (χ1n) is 5.25. The number of nitrogen functional groups attached to an aromatic ring is 1. The van der Waals surface area contributed by atoms with E-state index < -0.39 is 0 Å². The smallest absolute Gasteiger partial charge is 0.185 e. The Morgan fingerprint density at radius 3 is 2.67 bits per heavy atom. The quantitative estimate of drug-likeness (QED) is 0.877. The van der Waals surface area contributed by atoms with E-state index >= 15 is 0 Å². The molecule has 0 unspecified atom stereocenters. The van der Waals surface area contributed by atoms with Crippen molar-refractivity contribution in [2.24, 2.45) is 0 Å². The molecule has 18 heavy (non-hydrogen) atoms. The second kappa shape index (κ2) is 5.38. The molecule has 0 fully saturated rings. The van der Waals surface area contributed by atoms with Crippen LogP contribution in [-0.2, 0) is 6.42 Å². The number of hydrogen-bond donors (Lipinski definition) is 1. The van der Waals surface area contributed by atoms with Gasteiger partial charge in [-0.05, 0) is 35.9 Å². The lowest BCUT2D eigenvalue weighted by Gasteiger charge is -2.04. The molecule has 1 aromatic heterocycles. The fourth-order valence-electron chi connectivity index (χ4n) is 1.51. The van der Waals surface area contributed by atoms with Gasteiger partial charge in [0.15, 0.2) is 5.78 Å². The summed E-state index contributed by atoms with van der Waals surface area (Å²) >= 11 is 11.9. The van der Waals surface area contributed by atoms with Crippen molar-refractivity contribution in [3.63, 3.8) is 0 Å². The van der Waals surface area contributed by atoms with Crippen molar-refractivity contribution in [1.29, 1.82) is 0 Å². The number of benzene rings is 1. The number of nitrogens with zero attached hydrogens (tertiary/aromatic N) is 1. The maximum absolute atomic E-state index is 12.0. The number of ketones is 1. The number of pyridine rings is 1. The lowest BCUT2D eigenvalue weighted by molar-refractivity contribution is 0.0988. The summed E-state index contributed by atoms with van der Waals surface area (Å²) in [5.41, 5.74) is 7.08. The second-order valence-electron chi connectivity index (χ2n) is 3.81. The van der Waals surface area contributed by atoms with Crippen LogP contribution in [0, 0.1) is 0 Å². The van der Waals surface area contributed by atoms with Crippen molar-refractivity contribution >= 4 is 34.7 Å². The fourth-order valence-corrected chi connectivity index (χ4v) is 1.89. The highest BCUT2D eigenvalue weighted by atomic mass is 35.5. The summed E-state index contributed by atoms with van der Waals surface area (Å²) < 4.78 is 0. The van der Waals surface area contributed by atoms with E-state index in [2.05, 4.69) is 4.98 Å². The summed E-state index contributed by atoms with van der Waals surface area (Å²) in [5.74, 6) is -0.126. The Balaban J connectivity index is 2.21. The zero-order chi connectivity index (χ0) is 13.1. The summed E-state index contributed by atoms with van der Waals surface area (Å²) in [4.78, 5) is 16.0. The third-order valence-electron chi connectivity index (χ3n) is 2.43. The number of rotatable bonds is 3. The van der Waals surface area contributed by atoms with Crippen molar-refractivity contribution in [2.45, 2.75) is 6.42 Å². The summed E-state index contributed by atoms with van der Waals surface area (Å²) in [7, 11) is 0. The summed E-state index contributed by atoms with van der Waals surface area (Å²) in [6.07, 6.45) is 1.61. The molecule has 0 amide bonds. The molecule has 1 aromatic carbocycles. The highest BCUT2D eigenvalue weighted by Gasteiger charge is 2.11. The van der Waals surface area contributed by atoms with E-state index in [1.54, 1.807) is 30.3 Å². The molecule has 0 atom stereocenters. The minimum atomic E-state index is -0.126. The van der Waals surface area contributed by atoms with Crippen LogP contribution in [-0.4, -0.2) is 10.8 Å². The van der Waals surface area contributed by atoms with E-state index in [0.29, 0.717) is 27.0 Å². The molecule has 92 valence electrons. The second-order valence-corrected chi connectivity index (χ2v) is 4.66. The molecule has 0 saturated heterocycles. The molecular weight excluding hydrogens is 271 g/mol. The standard InChI is InChI=1S/C13H10Cl2N2O/c14-9-1-3-11(15)8(5-9)6-13(18)12-4-2-10(16)7-17-12/h1-5,7H,6,16H2. The van der Waals surface area contributed by atoms with Gasteiger partial charge in [-0.2, -0.15) is 0 Å². The van der Waals surface area contributed by atoms with Gasteiger partial charge in [-0.15, -0.1) is 0 Å². The number of carbonyl (C=O) groups excluding carboxylic acids is 1. The minimum absolute atomic E-state index is 0.126. The number of carbonyl (C=O) groups is 1. The van der Waals surface area contributed by atoms with Crippen molar-refractivity contribution < 1.29 is 4.79 Å². The van der Waals surface area contributed by atoms with Gasteiger partial charge >= 0.3 is 0 Å². The predicted octanol–water partition coefficient (Wildman–Crippen LogP) is 3.40. The van der Waals surface area contributed by atoms with Crippen molar-refractivity contribution in [2.75, 3.05) is 5.73 Å². The number of anilines is 1. The largest absolute Gasteiger partial charge is 0.397 e. The average molecular weight is 281 g/mol. The Morgan fingerprint density at radius 2 is 2.00 bits per heavy atom. The van der Waals surface area contributed by atoms with Gasteiger partial charge in [-0.25, -0.2) is 0 Å². The van der Waals surface area contributed by atoms with E-state index in [0.717, 1.165) is 0 Å². The highest BCUT2D eigenvalue weighted by Crippen LogP contribution is 2.22. The van der Waals surface area contributed by atoms with Crippen molar-refractivity contribution in [3.8, 4) is 0 Å². The Hall–Kier alpha value is -1.58. The molecule has 0 aliphatic carbocycles. The molecule has 2 rings (SSSR count). The maximum Gasteiger partial charge on any atom is 0.185 e. The van der Waals surface area contributed by atoms with Crippen LogP contribution >= 0.6 is 23.2 Å². The van der Waals surface area contributed by atoms with Crippen LogP contribution < -0.4 is 5.73 Å². The van der Waals surface area contributed by atoms with Crippen LogP contribution in [0.4, 0.5) is 5.69 Å². The lowest BCUT2D eigenvalue weighted by atomic mass is 10.1. The summed E-state index contributed by atoms with van der Waals surface area (Å²) in [5, 5.41) is 1.07. The molecular formula is C13H10Cl2N2O. The Labute approximate surface area is 115 Å². The number of nitrogens with two attached hydrogens (primary N) is 1. The van der Waals surface area contributed by atoms with Gasteiger partial charge < -0.3 is 5.73 Å². The van der Waals surface area contributed by atoms with E-state index in [-0.39, 0.29) is 12.2 Å². The number of Topliss-reactive ketones (excluding diaryl/α,β-unsaturated/α-hetero) is 1. The van der Waals surface area contributed by atoms with Crippen LogP contribution in [0.15, 0.2) is 36.5 Å². The van der Waals surface area contributed by atoms with Gasteiger partial charge in [0, 0.05) is 16.5 Å². The third-order valence-corrected chi connectivity index (χ3v) is 3.03. The summed E-state index contributed by atoms with van der Waals surface area (Å²) in [6.45, 7) is 0. The lowest BCUT2D eigenvalue weighted by Crippen LogP contribution is -2.06. The van der Waals surface area contributed by atoms with Crippen molar-refractivity contribution in [1.82, 2.24) is 4.98 Å². The molecule has 0 saturated carbocycles. The SMILES string of the molecule is Nc1ccc(C(=O)Cc2cc(Cl)ccc2Cl)nc1. The van der Waals surface area contributed by atoms with Gasteiger partial charge in [0.1, 0.15) is 5.69 Å². The molecule has 0 spiro atoms. The number of halogens is 2. The van der Waals surface area contributed by atoms with Gasteiger partial charge in [-0.3, -0.25) is 9.78 Å². The minimum Gasteiger partial charge on any atom is -0.397 e. The van der Waals surface area contributed by atoms with Crippen LogP contribution in [0.2, 0.25) is 10.0 Å². The Kier molecular flexibility index (Phi) is 3.84. The predicted molar refractivity (Wildman–Crippen MR) is 73.1 cm³/mol. The van der Waals surface area contributed by atoms with Crippen LogP contribution in [0.3, 0.4) is 0 Å². The van der Waals surface area contributed by atoms with Crippen molar-refractivity contribution in [3.05, 3.63) is 57.8 Å². The first-order chi connectivity index (χ1) is 8.56. The molecule has 0 bridgehead atoms. The molecule has 2 aromatic rings. The Morgan fingerprint density at radius 1 is 1.22 bits per heavy atom. The molecule has 0 aliphatic heterocycles. The molecule has 3 nitrogen and oxygen atoms in total. The molecule has 0 radical (unpaired) electrons. The molecule has 5 heteroatoms.